The molecule has 1 aromatic rings. The number of esters is 1. The molecule has 1 aromatic carbocycles. The molecule has 0 bridgehead atoms. The van der Waals surface area contributed by atoms with E-state index in [9.17, 15) is 4.79 Å². The molecule has 0 amide bonds. The quantitative estimate of drug-likeness (QED) is 0.268. The molecule has 0 aliphatic heterocycles. The summed E-state index contributed by atoms with van der Waals surface area (Å²) in [6, 6.07) is 9.18. The van der Waals surface area contributed by atoms with Crippen LogP contribution in [0.15, 0.2) is 35.4 Å². The van der Waals surface area contributed by atoms with Gasteiger partial charge in [0.15, 0.2) is 0 Å². The average Bonchev–Trinajstić information content (AvgIpc) is 2.36. The molecule has 0 spiro atoms. The molecule has 0 heterocycles. The van der Waals surface area contributed by atoms with Crippen LogP contribution >= 0.6 is 0 Å². The van der Waals surface area contributed by atoms with Crippen LogP contribution in [-0.4, -0.2) is 12.2 Å². The minimum Gasteiger partial charge on any atom is -0.442 e. The smallest absolute Gasteiger partial charge is 0.312 e. The third-order valence-corrected chi connectivity index (χ3v) is 2.10. The van der Waals surface area contributed by atoms with Crippen LogP contribution in [0.25, 0.3) is 10.4 Å². The Morgan fingerprint density at radius 1 is 1.37 bits per heavy atom. The van der Waals surface area contributed by atoms with Crippen molar-refractivity contribution in [2.75, 3.05) is 0 Å². The second-order valence-corrected chi connectivity index (χ2v) is 4.85. The average molecular weight is 257 g/mol. The molecule has 0 N–H and O–H groups in total. The third kappa shape index (κ3) is 5.15. The Morgan fingerprint density at radius 3 is 2.53 bits per heavy atom. The summed E-state index contributed by atoms with van der Waals surface area (Å²) >= 11 is 0. The number of hydrogen-bond acceptors (Lipinski definition) is 3. The molecule has 0 saturated heterocycles. The number of hydrogen-bond donors (Lipinski definition) is 0. The maximum absolute atomic E-state index is 11.7. The summed E-state index contributed by atoms with van der Waals surface area (Å²) < 4.78 is 5.04. The molecule has 0 radical (unpaired) electrons. The first-order valence-corrected chi connectivity index (χ1v) is 5.75. The van der Waals surface area contributed by atoms with Crippen LogP contribution in [0, 0.1) is 17.3 Å². The molecule has 19 heavy (non-hydrogen) atoms. The van der Waals surface area contributed by atoms with Gasteiger partial charge in [-0.2, -0.15) is 0 Å². The van der Waals surface area contributed by atoms with Crippen molar-refractivity contribution in [3.8, 4) is 11.8 Å². The van der Waals surface area contributed by atoms with Crippen LogP contribution in [0.2, 0.25) is 0 Å². The van der Waals surface area contributed by atoms with Gasteiger partial charge in [0.05, 0.1) is 5.41 Å². The van der Waals surface area contributed by atoms with E-state index in [0.717, 1.165) is 5.56 Å². The Hall–Kier alpha value is -2.44. The molecule has 5 nitrogen and oxygen atoms in total. The van der Waals surface area contributed by atoms with Gasteiger partial charge in [-0.3, -0.25) is 4.79 Å². The van der Waals surface area contributed by atoms with Gasteiger partial charge in [0.25, 0.3) is 0 Å². The molecule has 0 saturated carbocycles. The predicted molar refractivity (Wildman–Crippen MR) is 71.8 cm³/mol. The molecule has 1 rings (SSSR count). The van der Waals surface area contributed by atoms with Gasteiger partial charge in [-0.25, -0.2) is 0 Å². The normalized spacial score (nSPS) is 11.5. The summed E-state index contributed by atoms with van der Waals surface area (Å²) in [5.41, 5.74) is 8.54. The fraction of sp³-hybridized carbons (Fsp3) is 0.357. The Labute approximate surface area is 112 Å². The highest BCUT2D eigenvalue weighted by molar-refractivity contribution is 5.75. The highest BCUT2D eigenvalue weighted by Crippen LogP contribution is 2.16. The maximum atomic E-state index is 11.7. The van der Waals surface area contributed by atoms with Crippen molar-refractivity contribution in [2.24, 2.45) is 10.5 Å². The number of rotatable bonds is 2. The first-order valence-electron chi connectivity index (χ1n) is 5.75. The molecule has 0 aliphatic carbocycles. The zero-order chi connectivity index (χ0) is 14.3. The zero-order valence-corrected chi connectivity index (χ0v) is 11.1. The fourth-order valence-corrected chi connectivity index (χ4v) is 1.07. The third-order valence-electron chi connectivity index (χ3n) is 2.10. The van der Waals surface area contributed by atoms with E-state index in [0.29, 0.717) is 0 Å². The van der Waals surface area contributed by atoms with Gasteiger partial charge >= 0.3 is 5.97 Å². The van der Waals surface area contributed by atoms with Gasteiger partial charge in [-0.15, -0.1) is 0 Å². The van der Waals surface area contributed by atoms with Crippen molar-refractivity contribution in [1.82, 2.24) is 0 Å². The van der Waals surface area contributed by atoms with Gasteiger partial charge in [-0.1, -0.05) is 24.1 Å². The lowest BCUT2D eigenvalue weighted by atomic mass is 9.97. The van der Waals surface area contributed by atoms with Gasteiger partial charge in [0.2, 0.25) is 6.23 Å². The highest BCUT2D eigenvalue weighted by Gasteiger charge is 2.25. The molecule has 98 valence electrons. The topological polar surface area (TPSA) is 75.1 Å². The number of nitrogens with zero attached hydrogens (tertiary/aromatic N) is 3. The molecule has 0 fully saturated rings. The Balaban J connectivity index is 2.83. The van der Waals surface area contributed by atoms with Gasteiger partial charge in [-0.05, 0) is 49.5 Å². The molecular weight excluding hydrogens is 242 g/mol. The monoisotopic (exact) mass is 257 g/mol. The van der Waals surface area contributed by atoms with Gasteiger partial charge in [0, 0.05) is 10.5 Å². The van der Waals surface area contributed by atoms with E-state index in [1.165, 1.54) is 0 Å². The lowest BCUT2D eigenvalue weighted by molar-refractivity contribution is -0.155. The molecule has 1 unspecified atom stereocenters. The SMILES string of the molecule is CC(C)(C)C(=O)OC(C#Cc1ccccc1)N=[N+]=[N-]. The van der Waals surface area contributed by atoms with E-state index in [-0.39, 0.29) is 0 Å². The Bertz CT molecular complexity index is 544. The first-order chi connectivity index (χ1) is 8.93. The Kier molecular flexibility index (Phi) is 4.99. The number of carbonyl (C=O) groups excluding carboxylic acids is 1. The summed E-state index contributed by atoms with van der Waals surface area (Å²) in [7, 11) is 0. The predicted octanol–water partition coefficient (Wildman–Crippen LogP) is 3.26. The second-order valence-electron chi connectivity index (χ2n) is 4.85. The van der Waals surface area contributed by atoms with Crippen LogP contribution in [0.1, 0.15) is 26.3 Å². The fourth-order valence-electron chi connectivity index (χ4n) is 1.07. The number of ether oxygens (including phenoxy) is 1. The van der Waals surface area contributed by atoms with Crippen LogP contribution in [0.4, 0.5) is 0 Å². The highest BCUT2D eigenvalue weighted by atomic mass is 16.6. The van der Waals surface area contributed by atoms with Crippen LogP contribution < -0.4 is 0 Å². The zero-order valence-electron chi connectivity index (χ0n) is 11.1. The van der Waals surface area contributed by atoms with Crippen molar-refractivity contribution < 1.29 is 9.53 Å². The molecule has 1 atom stereocenters. The molecule has 0 aliphatic rings. The number of carbonyl (C=O) groups is 1. The molecular formula is C14H15N3O2. The summed E-state index contributed by atoms with van der Waals surface area (Å²) in [4.78, 5) is 14.3. The maximum Gasteiger partial charge on any atom is 0.312 e. The largest absolute Gasteiger partial charge is 0.442 e. The minimum atomic E-state index is -1.11. The van der Waals surface area contributed by atoms with Crippen molar-refractivity contribution in [2.45, 2.75) is 27.0 Å². The van der Waals surface area contributed by atoms with Crippen LogP contribution in [0.5, 0.6) is 0 Å². The van der Waals surface area contributed by atoms with E-state index in [1.807, 2.05) is 30.3 Å². The van der Waals surface area contributed by atoms with E-state index >= 15 is 0 Å². The van der Waals surface area contributed by atoms with Crippen LogP contribution in [-0.2, 0) is 9.53 Å². The van der Waals surface area contributed by atoms with Crippen molar-refractivity contribution in [3.63, 3.8) is 0 Å². The molecule has 0 aromatic heterocycles. The van der Waals surface area contributed by atoms with E-state index in [4.69, 9.17) is 10.3 Å². The van der Waals surface area contributed by atoms with Crippen molar-refractivity contribution in [3.05, 3.63) is 46.3 Å². The van der Waals surface area contributed by atoms with Gasteiger partial charge in [0.1, 0.15) is 0 Å². The molecule has 5 heteroatoms. The van der Waals surface area contributed by atoms with E-state index in [1.54, 1.807) is 20.8 Å². The Morgan fingerprint density at radius 2 is 2.00 bits per heavy atom. The van der Waals surface area contributed by atoms with E-state index in [2.05, 4.69) is 21.9 Å². The minimum absolute atomic E-state index is 0.465. The number of azide groups is 1. The van der Waals surface area contributed by atoms with Crippen LogP contribution in [0.3, 0.4) is 0 Å². The lowest BCUT2D eigenvalue weighted by Crippen LogP contribution is -2.26. The summed E-state index contributed by atoms with van der Waals surface area (Å²) in [6.07, 6.45) is -1.11. The first kappa shape index (κ1) is 14.6. The second kappa shape index (κ2) is 6.48. The van der Waals surface area contributed by atoms with Crippen molar-refractivity contribution in [1.29, 1.82) is 0 Å². The van der Waals surface area contributed by atoms with Crippen molar-refractivity contribution >= 4 is 5.97 Å². The number of benzene rings is 1. The van der Waals surface area contributed by atoms with Gasteiger partial charge < -0.3 is 4.74 Å². The standard InChI is InChI=1S/C14H15N3O2/c1-14(2,3)13(18)19-12(16-17-15)10-9-11-7-5-4-6-8-11/h4-8,12H,1-3H3. The summed E-state index contributed by atoms with van der Waals surface area (Å²) in [6.45, 7) is 5.15. The lowest BCUT2D eigenvalue weighted by Gasteiger charge is -2.17. The summed E-state index contributed by atoms with van der Waals surface area (Å²) in [5, 5.41) is 3.36. The van der Waals surface area contributed by atoms with E-state index < -0.39 is 17.6 Å². The summed E-state index contributed by atoms with van der Waals surface area (Å²) in [5.74, 6) is 4.96.